The van der Waals surface area contributed by atoms with E-state index in [2.05, 4.69) is 10.3 Å². The Morgan fingerprint density at radius 2 is 1.95 bits per heavy atom. The number of hydrogen-bond acceptors (Lipinski definition) is 3. The quantitative estimate of drug-likeness (QED) is 0.762. The van der Waals surface area contributed by atoms with Crippen LogP contribution >= 0.6 is 0 Å². The number of para-hydroxylation sites is 2. The van der Waals surface area contributed by atoms with E-state index in [1.165, 1.54) is 12.1 Å². The van der Waals surface area contributed by atoms with Crippen LogP contribution in [0.25, 0.3) is 11.0 Å². The van der Waals surface area contributed by atoms with Gasteiger partial charge in [-0.05, 0) is 18.2 Å². The second-order valence-corrected chi connectivity index (χ2v) is 4.90. The highest BCUT2D eigenvalue weighted by Gasteiger charge is 2.12. The Kier molecular flexibility index (Phi) is 4.02. The number of fused-ring (bicyclic) bond motifs is 1. The first kappa shape index (κ1) is 14.5. The predicted octanol–water partition coefficient (Wildman–Crippen LogP) is 2.77. The SMILES string of the molecule is OCCNc1nc2ccccc2n1Cc1ccc(F)cc1F. The highest BCUT2D eigenvalue weighted by molar-refractivity contribution is 5.78. The van der Waals surface area contributed by atoms with Crippen LogP contribution in [-0.2, 0) is 6.54 Å². The molecular formula is C16H15F2N3O. The molecule has 0 aliphatic heterocycles. The number of benzene rings is 2. The van der Waals surface area contributed by atoms with Crippen LogP contribution in [0, 0.1) is 11.6 Å². The van der Waals surface area contributed by atoms with Crippen molar-refractivity contribution >= 4 is 17.0 Å². The first-order chi connectivity index (χ1) is 10.7. The summed E-state index contributed by atoms with van der Waals surface area (Å²) in [5.41, 5.74) is 1.98. The van der Waals surface area contributed by atoms with Gasteiger partial charge in [0.05, 0.1) is 24.2 Å². The number of aliphatic hydroxyl groups is 1. The zero-order valence-electron chi connectivity index (χ0n) is 11.8. The largest absolute Gasteiger partial charge is 0.395 e. The van der Waals surface area contributed by atoms with Crippen molar-refractivity contribution < 1.29 is 13.9 Å². The number of rotatable bonds is 5. The van der Waals surface area contributed by atoms with Crippen molar-refractivity contribution in [2.75, 3.05) is 18.5 Å². The Morgan fingerprint density at radius 1 is 1.14 bits per heavy atom. The summed E-state index contributed by atoms with van der Waals surface area (Å²) in [6.07, 6.45) is 0. The van der Waals surface area contributed by atoms with E-state index in [9.17, 15) is 8.78 Å². The summed E-state index contributed by atoms with van der Waals surface area (Å²) in [5.74, 6) is -0.653. The normalized spacial score (nSPS) is 11.0. The van der Waals surface area contributed by atoms with Crippen molar-refractivity contribution in [2.45, 2.75) is 6.54 Å². The summed E-state index contributed by atoms with van der Waals surface area (Å²) < 4.78 is 28.7. The van der Waals surface area contributed by atoms with Crippen LogP contribution in [0.2, 0.25) is 0 Å². The number of nitrogens with zero attached hydrogens (tertiary/aromatic N) is 2. The van der Waals surface area contributed by atoms with E-state index in [1.807, 2.05) is 24.3 Å². The van der Waals surface area contributed by atoms with Crippen molar-refractivity contribution in [3.8, 4) is 0 Å². The van der Waals surface area contributed by atoms with Gasteiger partial charge < -0.3 is 15.0 Å². The minimum Gasteiger partial charge on any atom is -0.395 e. The molecule has 0 bridgehead atoms. The van der Waals surface area contributed by atoms with Gasteiger partial charge in [-0.15, -0.1) is 0 Å². The van der Waals surface area contributed by atoms with Crippen LogP contribution in [0.3, 0.4) is 0 Å². The van der Waals surface area contributed by atoms with Gasteiger partial charge >= 0.3 is 0 Å². The fraction of sp³-hybridized carbons (Fsp3) is 0.188. The maximum atomic E-state index is 13.9. The van der Waals surface area contributed by atoms with Gasteiger partial charge in [-0.25, -0.2) is 13.8 Å². The minimum absolute atomic E-state index is 0.0336. The van der Waals surface area contributed by atoms with Crippen LogP contribution in [0.5, 0.6) is 0 Å². The van der Waals surface area contributed by atoms with Gasteiger partial charge in [-0.1, -0.05) is 18.2 Å². The zero-order chi connectivity index (χ0) is 15.5. The Bertz CT molecular complexity index is 801. The lowest BCUT2D eigenvalue weighted by Gasteiger charge is -2.11. The Morgan fingerprint density at radius 3 is 2.73 bits per heavy atom. The molecule has 3 aromatic rings. The first-order valence-corrected chi connectivity index (χ1v) is 6.93. The molecule has 0 aliphatic carbocycles. The molecule has 22 heavy (non-hydrogen) atoms. The zero-order valence-corrected chi connectivity index (χ0v) is 11.8. The summed E-state index contributed by atoms with van der Waals surface area (Å²) in [6.45, 7) is 0.531. The molecule has 3 rings (SSSR count). The molecule has 0 spiro atoms. The van der Waals surface area contributed by atoms with E-state index in [0.717, 1.165) is 17.1 Å². The molecule has 0 saturated heterocycles. The van der Waals surface area contributed by atoms with E-state index in [0.29, 0.717) is 18.1 Å². The maximum Gasteiger partial charge on any atom is 0.204 e. The number of anilines is 1. The lowest BCUT2D eigenvalue weighted by Crippen LogP contribution is -2.12. The fourth-order valence-corrected chi connectivity index (χ4v) is 2.36. The summed E-state index contributed by atoms with van der Waals surface area (Å²) in [5, 5.41) is 12.0. The average Bonchev–Trinajstić information content (AvgIpc) is 2.86. The lowest BCUT2D eigenvalue weighted by molar-refractivity contribution is 0.310. The van der Waals surface area contributed by atoms with Gasteiger partial charge in [-0.2, -0.15) is 0 Å². The van der Waals surface area contributed by atoms with Gasteiger partial charge in [-0.3, -0.25) is 0 Å². The summed E-state index contributed by atoms with van der Waals surface area (Å²) in [7, 11) is 0. The van der Waals surface area contributed by atoms with Crippen molar-refractivity contribution in [2.24, 2.45) is 0 Å². The van der Waals surface area contributed by atoms with E-state index in [1.54, 1.807) is 4.57 Å². The maximum absolute atomic E-state index is 13.9. The predicted molar refractivity (Wildman–Crippen MR) is 80.8 cm³/mol. The molecule has 1 aromatic heterocycles. The third kappa shape index (κ3) is 2.78. The van der Waals surface area contributed by atoms with Crippen LogP contribution < -0.4 is 5.32 Å². The fourth-order valence-electron chi connectivity index (χ4n) is 2.36. The second-order valence-electron chi connectivity index (χ2n) is 4.90. The molecule has 4 nitrogen and oxygen atoms in total. The average molecular weight is 303 g/mol. The Hall–Kier alpha value is -2.47. The molecule has 6 heteroatoms. The van der Waals surface area contributed by atoms with E-state index in [-0.39, 0.29) is 13.2 Å². The number of nitrogens with one attached hydrogen (secondary N) is 1. The van der Waals surface area contributed by atoms with Gasteiger partial charge in [0.2, 0.25) is 5.95 Å². The molecule has 0 atom stereocenters. The van der Waals surface area contributed by atoms with Crippen LogP contribution in [0.4, 0.5) is 14.7 Å². The summed E-state index contributed by atoms with van der Waals surface area (Å²) >= 11 is 0. The molecule has 0 aliphatic rings. The molecule has 0 amide bonds. The smallest absolute Gasteiger partial charge is 0.204 e. The standard InChI is InChI=1S/C16H15F2N3O/c17-12-6-5-11(13(18)9-12)10-21-15-4-2-1-3-14(15)20-16(21)19-7-8-22/h1-6,9,22H,7-8,10H2,(H,19,20). The van der Waals surface area contributed by atoms with Crippen LogP contribution in [0.1, 0.15) is 5.56 Å². The summed E-state index contributed by atoms with van der Waals surface area (Å²) in [4.78, 5) is 4.44. The van der Waals surface area contributed by atoms with Gasteiger partial charge in [0.15, 0.2) is 0 Å². The monoisotopic (exact) mass is 303 g/mol. The molecule has 0 unspecified atom stereocenters. The van der Waals surface area contributed by atoms with E-state index < -0.39 is 11.6 Å². The molecular weight excluding hydrogens is 288 g/mol. The molecule has 2 N–H and O–H groups in total. The third-order valence-corrected chi connectivity index (χ3v) is 3.39. The highest BCUT2D eigenvalue weighted by atomic mass is 19.1. The molecule has 114 valence electrons. The van der Waals surface area contributed by atoms with Crippen LogP contribution in [0.15, 0.2) is 42.5 Å². The Balaban J connectivity index is 2.03. The van der Waals surface area contributed by atoms with Crippen molar-refractivity contribution in [3.63, 3.8) is 0 Å². The van der Waals surface area contributed by atoms with Gasteiger partial charge in [0.1, 0.15) is 11.6 Å². The lowest BCUT2D eigenvalue weighted by atomic mass is 10.2. The molecule has 0 fully saturated rings. The van der Waals surface area contributed by atoms with Gasteiger partial charge in [0, 0.05) is 18.2 Å². The highest BCUT2D eigenvalue weighted by Crippen LogP contribution is 2.22. The third-order valence-electron chi connectivity index (χ3n) is 3.39. The topological polar surface area (TPSA) is 50.1 Å². The second kappa shape index (κ2) is 6.11. The van der Waals surface area contributed by atoms with Crippen molar-refractivity contribution in [1.82, 2.24) is 9.55 Å². The Labute approximate surface area is 126 Å². The molecule has 1 heterocycles. The molecule has 2 aromatic carbocycles. The van der Waals surface area contributed by atoms with Gasteiger partial charge in [0.25, 0.3) is 0 Å². The number of aliphatic hydroxyl groups excluding tert-OH is 1. The van der Waals surface area contributed by atoms with Crippen molar-refractivity contribution in [3.05, 3.63) is 59.7 Å². The number of hydrogen-bond donors (Lipinski definition) is 2. The number of imidazole rings is 1. The molecule has 0 saturated carbocycles. The van der Waals surface area contributed by atoms with Crippen LogP contribution in [-0.4, -0.2) is 27.8 Å². The first-order valence-electron chi connectivity index (χ1n) is 6.93. The van der Waals surface area contributed by atoms with E-state index >= 15 is 0 Å². The summed E-state index contributed by atoms with van der Waals surface area (Å²) in [6, 6.07) is 11.0. The molecule has 0 radical (unpaired) electrons. The van der Waals surface area contributed by atoms with Crippen molar-refractivity contribution in [1.29, 1.82) is 0 Å². The minimum atomic E-state index is -0.602. The van der Waals surface area contributed by atoms with E-state index in [4.69, 9.17) is 5.11 Å². The number of aromatic nitrogens is 2. The number of halogens is 2.